The van der Waals surface area contributed by atoms with Crippen LogP contribution in [0.1, 0.15) is 10.4 Å². The van der Waals surface area contributed by atoms with Gasteiger partial charge in [0.1, 0.15) is 5.15 Å². The summed E-state index contributed by atoms with van der Waals surface area (Å²) in [5.74, 6) is 0.205. The Morgan fingerprint density at radius 2 is 2.00 bits per heavy atom. The van der Waals surface area contributed by atoms with Crippen molar-refractivity contribution in [1.29, 1.82) is 0 Å². The number of sulfone groups is 1. The molecule has 0 N–H and O–H groups in total. The van der Waals surface area contributed by atoms with E-state index in [1.165, 1.54) is 6.20 Å². The summed E-state index contributed by atoms with van der Waals surface area (Å²) >= 11 is 5.82. The molecule has 0 aliphatic carbocycles. The summed E-state index contributed by atoms with van der Waals surface area (Å²) in [7, 11) is -2.93. The van der Waals surface area contributed by atoms with Crippen LogP contribution in [0.2, 0.25) is 5.15 Å². The van der Waals surface area contributed by atoms with Gasteiger partial charge in [0.2, 0.25) is 0 Å². The molecule has 2 heterocycles. The fourth-order valence-electron chi connectivity index (χ4n) is 1.78. The van der Waals surface area contributed by atoms with Crippen molar-refractivity contribution in [2.24, 2.45) is 0 Å². The van der Waals surface area contributed by atoms with Crippen LogP contribution in [0.3, 0.4) is 0 Å². The molecule has 0 amide bonds. The molecule has 0 aromatic carbocycles. The molecule has 1 aromatic heterocycles. The first kappa shape index (κ1) is 12.3. The van der Waals surface area contributed by atoms with E-state index in [0.717, 1.165) is 0 Å². The monoisotopic (exact) mass is 274 g/mol. The maximum absolute atomic E-state index is 11.3. The fraction of sp³-hybridized carbons (Fsp3) is 0.400. The van der Waals surface area contributed by atoms with Gasteiger partial charge in [-0.1, -0.05) is 11.6 Å². The summed E-state index contributed by atoms with van der Waals surface area (Å²) in [5, 5.41) is 0.144. The lowest BCUT2D eigenvalue weighted by molar-refractivity contribution is 0.112. The SMILES string of the molecule is O=Cc1c(N2CCS(=O)(=O)CC2)ccnc1Cl. The van der Waals surface area contributed by atoms with Gasteiger partial charge in [0, 0.05) is 19.3 Å². The first-order valence-electron chi connectivity index (χ1n) is 5.08. The number of hydrogen-bond donors (Lipinski definition) is 0. The van der Waals surface area contributed by atoms with E-state index in [-0.39, 0.29) is 16.7 Å². The lowest BCUT2D eigenvalue weighted by Crippen LogP contribution is -2.40. The van der Waals surface area contributed by atoms with Crippen LogP contribution in [0.15, 0.2) is 12.3 Å². The minimum absolute atomic E-state index is 0.102. The molecule has 0 radical (unpaired) electrons. The summed E-state index contributed by atoms with van der Waals surface area (Å²) in [5.41, 5.74) is 0.961. The molecule has 17 heavy (non-hydrogen) atoms. The molecular formula is C10H11ClN2O3S. The molecule has 0 bridgehead atoms. The van der Waals surface area contributed by atoms with Crippen molar-refractivity contribution >= 4 is 33.4 Å². The van der Waals surface area contributed by atoms with Gasteiger partial charge in [-0.15, -0.1) is 0 Å². The average molecular weight is 275 g/mol. The molecule has 1 aromatic rings. The molecule has 0 saturated carbocycles. The third kappa shape index (κ3) is 2.58. The van der Waals surface area contributed by atoms with Gasteiger partial charge in [-0.25, -0.2) is 13.4 Å². The number of carbonyl (C=O) groups is 1. The molecule has 1 aliphatic heterocycles. The number of carbonyl (C=O) groups excluding carboxylic acids is 1. The summed E-state index contributed by atoms with van der Waals surface area (Å²) in [6.45, 7) is 0.757. The molecule has 1 fully saturated rings. The summed E-state index contributed by atoms with van der Waals surface area (Å²) < 4.78 is 22.6. The molecule has 92 valence electrons. The molecule has 5 nitrogen and oxygen atoms in total. The minimum Gasteiger partial charge on any atom is -0.369 e. The summed E-state index contributed by atoms with van der Waals surface area (Å²) in [6, 6.07) is 1.67. The highest BCUT2D eigenvalue weighted by Crippen LogP contribution is 2.25. The normalized spacial score (nSPS) is 19.0. The first-order valence-corrected chi connectivity index (χ1v) is 7.28. The second-order valence-corrected chi connectivity index (χ2v) is 6.45. The minimum atomic E-state index is -2.93. The highest BCUT2D eigenvalue weighted by atomic mass is 35.5. The number of aldehydes is 1. The van der Waals surface area contributed by atoms with Crippen LogP contribution in [0.5, 0.6) is 0 Å². The number of rotatable bonds is 2. The molecule has 2 rings (SSSR count). The van der Waals surface area contributed by atoms with Gasteiger partial charge < -0.3 is 4.90 Å². The molecule has 1 saturated heterocycles. The second kappa shape index (κ2) is 4.62. The third-order valence-electron chi connectivity index (χ3n) is 2.72. The fourth-order valence-corrected chi connectivity index (χ4v) is 3.18. The Hall–Kier alpha value is -1.14. The Bertz CT molecular complexity index is 530. The standard InChI is InChI=1S/C10H11ClN2O3S/c11-10-8(7-14)9(1-2-12-10)13-3-5-17(15,16)6-4-13/h1-2,7H,3-6H2. The smallest absolute Gasteiger partial charge is 0.155 e. The zero-order chi connectivity index (χ0) is 12.5. The van der Waals surface area contributed by atoms with E-state index < -0.39 is 9.84 Å². The molecule has 7 heteroatoms. The molecule has 1 aliphatic rings. The number of anilines is 1. The Labute approximate surface area is 104 Å². The van der Waals surface area contributed by atoms with Crippen molar-refractivity contribution in [3.8, 4) is 0 Å². The third-order valence-corrected chi connectivity index (χ3v) is 4.63. The number of pyridine rings is 1. The zero-order valence-corrected chi connectivity index (χ0v) is 10.5. The van der Waals surface area contributed by atoms with Crippen LogP contribution in [0.4, 0.5) is 5.69 Å². The number of aromatic nitrogens is 1. The van der Waals surface area contributed by atoms with Crippen molar-refractivity contribution in [3.05, 3.63) is 23.0 Å². The molecule has 0 unspecified atom stereocenters. The second-order valence-electron chi connectivity index (χ2n) is 3.79. The maximum atomic E-state index is 11.3. The van der Waals surface area contributed by atoms with E-state index in [0.29, 0.717) is 30.6 Å². The van der Waals surface area contributed by atoms with E-state index in [1.807, 2.05) is 4.90 Å². The van der Waals surface area contributed by atoms with E-state index >= 15 is 0 Å². The van der Waals surface area contributed by atoms with Crippen molar-refractivity contribution < 1.29 is 13.2 Å². The molecule has 0 spiro atoms. The van der Waals surface area contributed by atoms with Gasteiger partial charge in [-0.2, -0.15) is 0 Å². The predicted molar refractivity (Wildman–Crippen MR) is 65.5 cm³/mol. The Morgan fingerprint density at radius 1 is 1.35 bits per heavy atom. The van der Waals surface area contributed by atoms with Crippen LogP contribution in [0.25, 0.3) is 0 Å². The van der Waals surface area contributed by atoms with Crippen LogP contribution in [0, 0.1) is 0 Å². The van der Waals surface area contributed by atoms with Crippen molar-refractivity contribution in [1.82, 2.24) is 4.98 Å². The summed E-state index contributed by atoms with van der Waals surface area (Å²) in [4.78, 5) is 16.6. The number of nitrogens with zero attached hydrogens (tertiary/aromatic N) is 2. The van der Waals surface area contributed by atoms with Gasteiger partial charge in [0.05, 0.1) is 22.8 Å². The van der Waals surface area contributed by atoms with E-state index in [4.69, 9.17) is 11.6 Å². The Morgan fingerprint density at radius 3 is 2.59 bits per heavy atom. The number of hydrogen-bond acceptors (Lipinski definition) is 5. The number of halogens is 1. The largest absolute Gasteiger partial charge is 0.369 e. The van der Waals surface area contributed by atoms with E-state index in [1.54, 1.807) is 6.07 Å². The molecule has 0 atom stereocenters. The topological polar surface area (TPSA) is 67.3 Å². The van der Waals surface area contributed by atoms with Crippen LogP contribution < -0.4 is 4.90 Å². The van der Waals surface area contributed by atoms with Gasteiger partial charge in [-0.3, -0.25) is 4.79 Å². The van der Waals surface area contributed by atoms with Gasteiger partial charge >= 0.3 is 0 Å². The predicted octanol–water partition coefficient (Wildman–Crippen LogP) is 0.782. The summed E-state index contributed by atoms with van der Waals surface area (Å²) in [6.07, 6.45) is 2.15. The van der Waals surface area contributed by atoms with Crippen LogP contribution >= 0.6 is 11.6 Å². The lowest BCUT2D eigenvalue weighted by atomic mass is 10.2. The zero-order valence-electron chi connectivity index (χ0n) is 8.97. The van der Waals surface area contributed by atoms with Gasteiger partial charge in [0.15, 0.2) is 16.1 Å². The van der Waals surface area contributed by atoms with Crippen molar-refractivity contribution in [2.75, 3.05) is 29.5 Å². The highest BCUT2D eigenvalue weighted by molar-refractivity contribution is 7.91. The van der Waals surface area contributed by atoms with Gasteiger partial charge in [0.25, 0.3) is 0 Å². The Balaban J connectivity index is 2.30. The molecular weight excluding hydrogens is 264 g/mol. The van der Waals surface area contributed by atoms with Crippen molar-refractivity contribution in [3.63, 3.8) is 0 Å². The maximum Gasteiger partial charge on any atom is 0.155 e. The average Bonchev–Trinajstić information content (AvgIpc) is 2.29. The lowest BCUT2D eigenvalue weighted by Gasteiger charge is -2.29. The van der Waals surface area contributed by atoms with Crippen molar-refractivity contribution in [2.45, 2.75) is 0 Å². The van der Waals surface area contributed by atoms with Crippen LogP contribution in [-0.4, -0.2) is 44.3 Å². The highest BCUT2D eigenvalue weighted by Gasteiger charge is 2.23. The van der Waals surface area contributed by atoms with Gasteiger partial charge in [-0.05, 0) is 6.07 Å². The van der Waals surface area contributed by atoms with E-state index in [2.05, 4.69) is 4.98 Å². The Kier molecular flexibility index (Phi) is 3.35. The van der Waals surface area contributed by atoms with E-state index in [9.17, 15) is 13.2 Å². The first-order chi connectivity index (χ1) is 8.03. The van der Waals surface area contributed by atoms with Crippen LogP contribution in [-0.2, 0) is 9.84 Å². The quantitative estimate of drug-likeness (QED) is 0.589.